The van der Waals surface area contributed by atoms with E-state index in [1.807, 2.05) is 5.32 Å². The van der Waals surface area contributed by atoms with Gasteiger partial charge >= 0.3 is 12.0 Å². The average Bonchev–Trinajstić information content (AvgIpc) is 2.47. The lowest BCUT2D eigenvalue weighted by Crippen LogP contribution is -2.42. The molecule has 0 aromatic heterocycles. The van der Waals surface area contributed by atoms with Crippen molar-refractivity contribution in [2.24, 2.45) is 5.73 Å². The molecule has 9 heteroatoms. The summed E-state index contributed by atoms with van der Waals surface area (Å²) >= 11 is 3.32. The Balaban J connectivity index is 2.78. The Morgan fingerprint density at radius 2 is 1.78 bits per heavy atom. The number of methoxy groups -OCH3 is 2. The third-order valence-electron chi connectivity index (χ3n) is 2.81. The van der Waals surface area contributed by atoms with Crippen LogP contribution in [0.2, 0.25) is 0 Å². The SMILES string of the molecule is COc1cc(Br)c(CC(=O)O[C@@H](C)C(=O)NC(N)=O)cc1OC. The molecule has 3 N–H and O–H groups in total. The molecule has 3 amide bonds. The molecule has 0 bridgehead atoms. The van der Waals surface area contributed by atoms with Gasteiger partial charge < -0.3 is 19.9 Å². The van der Waals surface area contributed by atoms with E-state index in [0.717, 1.165) is 0 Å². The second kappa shape index (κ2) is 8.37. The molecule has 23 heavy (non-hydrogen) atoms. The summed E-state index contributed by atoms with van der Waals surface area (Å²) in [4.78, 5) is 33.9. The number of primary amides is 1. The van der Waals surface area contributed by atoms with Crippen molar-refractivity contribution in [2.45, 2.75) is 19.4 Å². The Hall–Kier alpha value is -2.29. The summed E-state index contributed by atoms with van der Waals surface area (Å²) in [6, 6.07) is 2.27. The predicted octanol–water partition coefficient (Wildman–Crippen LogP) is 1.14. The number of nitrogens with one attached hydrogen (secondary N) is 1. The third kappa shape index (κ3) is 5.44. The molecule has 1 aromatic rings. The Morgan fingerprint density at radius 1 is 1.22 bits per heavy atom. The van der Waals surface area contributed by atoms with Gasteiger partial charge in [0.2, 0.25) is 0 Å². The van der Waals surface area contributed by atoms with Crippen LogP contribution in [-0.4, -0.2) is 38.2 Å². The second-order valence-electron chi connectivity index (χ2n) is 4.46. The van der Waals surface area contributed by atoms with Gasteiger partial charge in [-0.15, -0.1) is 0 Å². The summed E-state index contributed by atoms with van der Waals surface area (Å²) in [5.41, 5.74) is 5.41. The molecular formula is C14H17BrN2O6. The summed E-state index contributed by atoms with van der Waals surface area (Å²) in [6.45, 7) is 1.33. The van der Waals surface area contributed by atoms with Gasteiger partial charge in [-0.1, -0.05) is 15.9 Å². The zero-order valence-electron chi connectivity index (χ0n) is 12.8. The van der Waals surface area contributed by atoms with E-state index in [2.05, 4.69) is 15.9 Å². The molecule has 0 radical (unpaired) electrons. The second-order valence-corrected chi connectivity index (χ2v) is 5.32. The van der Waals surface area contributed by atoms with Crippen molar-refractivity contribution < 1.29 is 28.6 Å². The number of carbonyl (C=O) groups is 3. The highest BCUT2D eigenvalue weighted by atomic mass is 79.9. The van der Waals surface area contributed by atoms with Gasteiger partial charge in [0.15, 0.2) is 17.6 Å². The van der Waals surface area contributed by atoms with Crippen LogP contribution in [0.5, 0.6) is 11.5 Å². The van der Waals surface area contributed by atoms with Gasteiger partial charge in [-0.2, -0.15) is 0 Å². The topological polar surface area (TPSA) is 117 Å². The van der Waals surface area contributed by atoms with Crippen LogP contribution in [0.15, 0.2) is 16.6 Å². The number of benzene rings is 1. The zero-order valence-corrected chi connectivity index (χ0v) is 14.4. The molecule has 0 saturated carbocycles. The van der Waals surface area contributed by atoms with Gasteiger partial charge in [-0.3, -0.25) is 14.9 Å². The van der Waals surface area contributed by atoms with Crippen molar-refractivity contribution in [3.05, 3.63) is 22.2 Å². The van der Waals surface area contributed by atoms with Gasteiger partial charge in [-0.25, -0.2) is 4.79 Å². The first-order chi connectivity index (χ1) is 10.8. The van der Waals surface area contributed by atoms with Crippen LogP contribution in [0.3, 0.4) is 0 Å². The minimum atomic E-state index is -1.14. The molecule has 0 aliphatic heterocycles. The van der Waals surface area contributed by atoms with Crippen molar-refractivity contribution in [3.63, 3.8) is 0 Å². The summed E-state index contributed by atoms with van der Waals surface area (Å²) in [5.74, 6) is -0.481. The maximum absolute atomic E-state index is 11.9. The fourth-order valence-corrected chi connectivity index (χ4v) is 2.17. The fourth-order valence-electron chi connectivity index (χ4n) is 1.70. The van der Waals surface area contributed by atoms with E-state index in [1.165, 1.54) is 21.1 Å². The molecule has 8 nitrogen and oxygen atoms in total. The smallest absolute Gasteiger partial charge is 0.318 e. The predicted molar refractivity (Wildman–Crippen MR) is 84.2 cm³/mol. The fraction of sp³-hybridized carbons (Fsp3) is 0.357. The van der Waals surface area contributed by atoms with Crippen LogP contribution < -0.4 is 20.5 Å². The largest absolute Gasteiger partial charge is 0.493 e. The van der Waals surface area contributed by atoms with Crippen LogP contribution in [0, 0.1) is 0 Å². The molecule has 1 aromatic carbocycles. The lowest BCUT2D eigenvalue weighted by molar-refractivity contribution is -0.153. The van der Waals surface area contributed by atoms with Crippen molar-refractivity contribution in [3.8, 4) is 11.5 Å². The van der Waals surface area contributed by atoms with E-state index in [4.69, 9.17) is 19.9 Å². The maximum Gasteiger partial charge on any atom is 0.318 e. The first-order valence-electron chi connectivity index (χ1n) is 6.48. The van der Waals surface area contributed by atoms with Crippen molar-refractivity contribution in [1.82, 2.24) is 5.32 Å². The first-order valence-corrected chi connectivity index (χ1v) is 7.28. The maximum atomic E-state index is 11.9. The quantitative estimate of drug-likeness (QED) is 0.705. The molecule has 0 fully saturated rings. The third-order valence-corrected chi connectivity index (χ3v) is 3.55. The molecule has 126 valence electrons. The molecule has 0 aliphatic rings. The summed E-state index contributed by atoms with van der Waals surface area (Å²) < 4.78 is 15.9. The average molecular weight is 389 g/mol. The van der Waals surface area contributed by atoms with E-state index in [1.54, 1.807) is 12.1 Å². The van der Waals surface area contributed by atoms with E-state index in [9.17, 15) is 14.4 Å². The molecule has 0 heterocycles. The number of nitrogens with two attached hydrogens (primary N) is 1. The molecule has 1 atom stereocenters. The first kappa shape index (κ1) is 18.8. The Bertz CT molecular complexity index is 620. The molecule has 0 unspecified atom stereocenters. The Morgan fingerprint density at radius 3 is 2.30 bits per heavy atom. The molecule has 1 rings (SSSR count). The lowest BCUT2D eigenvalue weighted by Gasteiger charge is -2.14. The number of urea groups is 1. The number of hydrogen-bond acceptors (Lipinski definition) is 6. The normalized spacial score (nSPS) is 11.3. The Labute approximate surface area is 141 Å². The van der Waals surface area contributed by atoms with Crippen LogP contribution in [0.1, 0.15) is 12.5 Å². The minimum Gasteiger partial charge on any atom is -0.493 e. The highest BCUT2D eigenvalue weighted by molar-refractivity contribution is 9.10. The van der Waals surface area contributed by atoms with Gasteiger partial charge in [-0.05, 0) is 24.6 Å². The number of carbonyl (C=O) groups excluding carboxylic acids is 3. The van der Waals surface area contributed by atoms with E-state index < -0.39 is 24.0 Å². The highest BCUT2D eigenvalue weighted by Crippen LogP contribution is 2.33. The molecular weight excluding hydrogens is 372 g/mol. The highest BCUT2D eigenvalue weighted by Gasteiger charge is 2.20. The number of ether oxygens (including phenoxy) is 3. The summed E-state index contributed by atoms with van der Waals surface area (Å²) in [5, 5.41) is 1.83. The summed E-state index contributed by atoms with van der Waals surface area (Å²) in [6.07, 6.45) is -1.25. The van der Waals surface area contributed by atoms with Crippen molar-refractivity contribution >= 4 is 33.8 Å². The monoisotopic (exact) mass is 388 g/mol. The van der Waals surface area contributed by atoms with Crippen LogP contribution in [0.25, 0.3) is 0 Å². The number of hydrogen-bond donors (Lipinski definition) is 2. The number of amides is 3. The molecule has 0 spiro atoms. The summed E-state index contributed by atoms with van der Waals surface area (Å²) in [7, 11) is 2.97. The van der Waals surface area contributed by atoms with Gasteiger partial charge in [0.05, 0.1) is 20.6 Å². The van der Waals surface area contributed by atoms with E-state index in [0.29, 0.717) is 21.5 Å². The van der Waals surface area contributed by atoms with Crippen LogP contribution in [0.4, 0.5) is 4.79 Å². The van der Waals surface area contributed by atoms with Crippen molar-refractivity contribution in [1.29, 1.82) is 0 Å². The van der Waals surface area contributed by atoms with Crippen LogP contribution >= 0.6 is 15.9 Å². The number of esters is 1. The molecule has 0 saturated heterocycles. The van der Waals surface area contributed by atoms with Crippen LogP contribution in [-0.2, 0) is 20.7 Å². The zero-order chi connectivity index (χ0) is 17.6. The number of halogens is 1. The van der Waals surface area contributed by atoms with Gasteiger partial charge in [0.25, 0.3) is 5.91 Å². The van der Waals surface area contributed by atoms with Crippen molar-refractivity contribution in [2.75, 3.05) is 14.2 Å². The van der Waals surface area contributed by atoms with Gasteiger partial charge in [0, 0.05) is 4.47 Å². The standard InChI is InChI=1S/C14H17BrN2O6/c1-7(13(19)17-14(16)20)23-12(18)5-8-4-10(21-2)11(22-3)6-9(8)15/h4,6-7H,5H2,1-3H3,(H3,16,17,19,20)/t7-/m0/s1. The number of imide groups is 1. The lowest BCUT2D eigenvalue weighted by atomic mass is 10.1. The minimum absolute atomic E-state index is 0.102. The van der Waals surface area contributed by atoms with Gasteiger partial charge in [0.1, 0.15) is 0 Å². The van der Waals surface area contributed by atoms with E-state index in [-0.39, 0.29) is 6.42 Å². The molecule has 0 aliphatic carbocycles. The Kier molecular flexibility index (Phi) is 6.83. The number of rotatable bonds is 6. The van der Waals surface area contributed by atoms with E-state index >= 15 is 0 Å².